The summed E-state index contributed by atoms with van der Waals surface area (Å²) in [5, 5.41) is 11.2. The van der Waals surface area contributed by atoms with E-state index < -0.39 is 23.5 Å². The average Bonchev–Trinajstić information content (AvgIpc) is 2.33. The number of H-pyrrole nitrogens is 1. The number of carboxylic acid groups (broad SMARTS) is 1. The molecule has 7 heteroatoms. The van der Waals surface area contributed by atoms with Crippen LogP contribution in [0.4, 0.5) is 0 Å². The van der Waals surface area contributed by atoms with Crippen LogP contribution in [-0.4, -0.2) is 41.7 Å². The van der Waals surface area contributed by atoms with Crippen LogP contribution in [0.5, 0.6) is 0 Å². The monoisotopic (exact) mass is 268 g/mol. The van der Waals surface area contributed by atoms with E-state index in [2.05, 4.69) is 10.3 Å². The molecular formula is C12H16N2O5. The topological polar surface area (TPSA) is 108 Å². The van der Waals surface area contributed by atoms with Crippen LogP contribution in [-0.2, 0) is 9.53 Å². The number of hydrogen-bond acceptors (Lipinski definition) is 4. The number of carbonyl (C=O) groups excluding carboxylic acids is 1. The zero-order valence-electron chi connectivity index (χ0n) is 10.7. The Morgan fingerprint density at radius 2 is 2.16 bits per heavy atom. The Morgan fingerprint density at radius 1 is 1.47 bits per heavy atom. The van der Waals surface area contributed by atoms with Crippen LogP contribution in [0.3, 0.4) is 0 Å². The van der Waals surface area contributed by atoms with Crippen molar-refractivity contribution in [2.45, 2.75) is 19.4 Å². The van der Waals surface area contributed by atoms with E-state index in [0.717, 1.165) is 0 Å². The lowest BCUT2D eigenvalue weighted by Gasteiger charge is -2.13. The highest BCUT2D eigenvalue weighted by Gasteiger charge is 2.21. The molecule has 0 spiro atoms. The molecule has 0 saturated carbocycles. The summed E-state index contributed by atoms with van der Waals surface area (Å²) in [6.07, 6.45) is 0.126. The second-order valence-corrected chi connectivity index (χ2v) is 4.03. The van der Waals surface area contributed by atoms with Crippen LogP contribution in [0.25, 0.3) is 0 Å². The minimum atomic E-state index is -1.17. The van der Waals surface area contributed by atoms with Gasteiger partial charge in [-0.2, -0.15) is 0 Å². The molecule has 3 N–H and O–H groups in total. The third-order valence-corrected chi connectivity index (χ3v) is 2.51. The molecule has 1 heterocycles. The minimum Gasteiger partial charge on any atom is -0.480 e. The number of hydrogen-bond donors (Lipinski definition) is 3. The molecular weight excluding hydrogens is 252 g/mol. The molecule has 1 aromatic rings. The van der Waals surface area contributed by atoms with Crippen molar-refractivity contribution < 1.29 is 19.4 Å². The molecule has 1 amide bonds. The van der Waals surface area contributed by atoms with Crippen molar-refractivity contribution >= 4 is 11.9 Å². The summed E-state index contributed by atoms with van der Waals surface area (Å²) in [5.74, 6) is -1.89. The molecule has 1 rings (SSSR count). The number of methoxy groups -OCH3 is 1. The van der Waals surface area contributed by atoms with Crippen LogP contribution in [0.2, 0.25) is 0 Å². The van der Waals surface area contributed by atoms with Gasteiger partial charge in [0.1, 0.15) is 11.6 Å². The van der Waals surface area contributed by atoms with Crippen molar-refractivity contribution in [1.82, 2.24) is 10.3 Å². The van der Waals surface area contributed by atoms with Crippen molar-refractivity contribution in [3.8, 4) is 0 Å². The second-order valence-electron chi connectivity index (χ2n) is 4.03. The zero-order chi connectivity index (χ0) is 14.4. The fraction of sp³-hybridized carbons (Fsp3) is 0.417. The van der Waals surface area contributed by atoms with Crippen molar-refractivity contribution in [1.29, 1.82) is 0 Å². The third kappa shape index (κ3) is 4.22. The molecule has 1 atom stereocenters. The number of carboxylic acids is 1. The van der Waals surface area contributed by atoms with Gasteiger partial charge in [0.05, 0.1) is 0 Å². The van der Waals surface area contributed by atoms with E-state index in [4.69, 9.17) is 9.84 Å². The van der Waals surface area contributed by atoms with E-state index >= 15 is 0 Å². The Hall–Kier alpha value is -2.15. The fourth-order valence-corrected chi connectivity index (χ4v) is 1.48. The van der Waals surface area contributed by atoms with Gasteiger partial charge in [0, 0.05) is 25.8 Å². The highest BCUT2D eigenvalue weighted by molar-refractivity contribution is 5.96. The van der Waals surface area contributed by atoms with Crippen molar-refractivity contribution in [3.05, 3.63) is 33.7 Å². The smallest absolute Gasteiger partial charge is 0.326 e. The maximum Gasteiger partial charge on any atom is 0.326 e. The first-order valence-corrected chi connectivity index (χ1v) is 5.68. The van der Waals surface area contributed by atoms with Crippen LogP contribution in [0.15, 0.2) is 16.9 Å². The Morgan fingerprint density at radius 3 is 2.68 bits per heavy atom. The van der Waals surface area contributed by atoms with E-state index in [0.29, 0.717) is 5.69 Å². The summed E-state index contributed by atoms with van der Waals surface area (Å²) in [7, 11) is 1.44. The van der Waals surface area contributed by atoms with Gasteiger partial charge >= 0.3 is 5.97 Å². The lowest BCUT2D eigenvalue weighted by Crippen LogP contribution is -2.43. The molecule has 7 nitrogen and oxygen atoms in total. The highest BCUT2D eigenvalue weighted by atomic mass is 16.5. The van der Waals surface area contributed by atoms with Gasteiger partial charge in [0.15, 0.2) is 0 Å². The summed E-state index contributed by atoms with van der Waals surface area (Å²) in [6.45, 7) is 1.88. The van der Waals surface area contributed by atoms with Crippen molar-refractivity contribution in [2.24, 2.45) is 0 Å². The molecule has 0 aliphatic carbocycles. The number of carbonyl (C=O) groups is 2. The van der Waals surface area contributed by atoms with Gasteiger partial charge in [0.25, 0.3) is 11.5 Å². The molecule has 0 aliphatic heterocycles. The number of aromatic nitrogens is 1. The minimum absolute atomic E-state index is 0.116. The lowest BCUT2D eigenvalue weighted by molar-refractivity contribution is -0.139. The molecule has 0 aliphatic rings. The quantitative estimate of drug-likeness (QED) is 0.667. The molecule has 0 saturated heterocycles. The number of rotatable bonds is 6. The van der Waals surface area contributed by atoms with E-state index in [9.17, 15) is 14.4 Å². The van der Waals surface area contributed by atoms with Gasteiger partial charge in [-0.15, -0.1) is 0 Å². The Balaban J connectivity index is 2.81. The maximum atomic E-state index is 11.8. The standard InChI is InChI=1S/C12H16N2O5/c1-7-3-4-8(10(15)13-7)11(16)14-9(12(17)18)5-6-19-2/h3-4,9H,5-6H2,1-2H3,(H,13,15)(H,14,16)(H,17,18). The maximum absolute atomic E-state index is 11.8. The fourth-order valence-electron chi connectivity index (χ4n) is 1.48. The van der Waals surface area contributed by atoms with E-state index in [-0.39, 0.29) is 18.6 Å². The van der Waals surface area contributed by atoms with E-state index in [1.807, 2.05) is 0 Å². The largest absolute Gasteiger partial charge is 0.480 e. The number of nitrogens with one attached hydrogen (secondary N) is 2. The first-order chi connectivity index (χ1) is 8.95. The first-order valence-electron chi connectivity index (χ1n) is 5.68. The number of aromatic amines is 1. The molecule has 104 valence electrons. The zero-order valence-corrected chi connectivity index (χ0v) is 10.7. The second kappa shape index (κ2) is 6.69. The highest BCUT2D eigenvalue weighted by Crippen LogP contribution is 1.98. The van der Waals surface area contributed by atoms with Crippen LogP contribution in [0, 0.1) is 6.92 Å². The molecule has 0 bridgehead atoms. The predicted octanol–water partition coefficient (Wildman–Crippen LogP) is -0.0972. The van der Waals surface area contributed by atoms with Crippen LogP contribution < -0.4 is 10.9 Å². The molecule has 1 aromatic heterocycles. The summed E-state index contributed by atoms with van der Waals surface area (Å²) in [6, 6.07) is 1.84. The van der Waals surface area contributed by atoms with Gasteiger partial charge in [-0.25, -0.2) is 4.79 Å². The number of amides is 1. The normalized spacial score (nSPS) is 11.9. The Labute approximate surface area is 109 Å². The van der Waals surface area contributed by atoms with Gasteiger partial charge in [-0.05, 0) is 19.1 Å². The number of aryl methyl sites for hydroxylation is 1. The number of aliphatic carboxylic acids is 1. The molecule has 0 radical (unpaired) electrons. The van der Waals surface area contributed by atoms with E-state index in [1.165, 1.54) is 13.2 Å². The molecule has 0 fully saturated rings. The Kier molecular flexibility index (Phi) is 5.25. The predicted molar refractivity (Wildman–Crippen MR) is 67.2 cm³/mol. The number of ether oxygens (including phenoxy) is 1. The van der Waals surface area contributed by atoms with Gasteiger partial charge in [-0.3, -0.25) is 9.59 Å². The Bertz CT molecular complexity index is 523. The van der Waals surface area contributed by atoms with Crippen molar-refractivity contribution in [2.75, 3.05) is 13.7 Å². The third-order valence-electron chi connectivity index (χ3n) is 2.51. The summed E-state index contributed by atoms with van der Waals surface area (Å²) < 4.78 is 4.77. The van der Waals surface area contributed by atoms with Gasteiger partial charge in [-0.1, -0.05) is 0 Å². The molecule has 19 heavy (non-hydrogen) atoms. The van der Waals surface area contributed by atoms with E-state index in [1.54, 1.807) is 13.0 Å². The number of pyridine rings is 1. The lowest BCUT2D eigenvalue weighted by atomic mass is 10.2. The van der Waals surface area contributed by atoms with Crippen LogP contribution >= 0.6 is 0 Å². The first kappa shape index (κ1) is 14.9. The summed E-state index contributed by atoms with van der Waals surface area (Å²) >= 11 is 0. The van der Waals surface area contributed by atoms with Gasteiger partial charge < -0.3 is 20.1 Å². The van der Waals surface area contributed by atoms with Crippen molar-refractivity contribution in [3.63, 3.8) is 0 Å². The van der Waals surface area contributed by atoms with Crippen LogP contribution in [0.1, 0.15) is 22.5 Å². The molecule has 1 unspecified atom stereocenters. The summed E-state index contributed by atoms with van der Waals surface area (Å²) in [5.41, 5.74) is -0.0432. The SMILES string of the molecule is COCCC(NC(=O)c1ccc(C)[nH]c1=O)C(=O)O. The molecule has 0 aromatic carbocycles. The van der Waals surface area contributed by atoms with Gasteiger partial charge in [0.2, 0.25) is 0 Å². The summed E-state index contributed by atoms with van der Waals surface area (Å²) in [4.78, 5) is 36.8. The average molecular weight is 268 g/mol.